The number of aromatic nitrogens is 2. The quantitative estimate of drug-likeness (QED) is 0.858. The van der Waals surface area contributed by atoms with Gasteiger partial charge in [0.25, 0.3) is 0 Å². The van der Waals surface area contributed by atoms with Crippen molar-refractivity contribution in [3.63, 3.8) is 0 Å². The van der Waals surface area contributed by atoms with Gasteiger partial charge in [0.1, 0.15) is 5.82 Å². The van der Waals surface area contributed by atoms with Gasteiger partial charge in [-0.05, 0) is 11.6 Å². The lowest BCUT2D eigenvalue weighted by atomic mass is 10.1. The summed E-state index contributed by atoms with van der Waals surface area (Å²) in [5, 5.41) is 0. The summed E-state index contributed by atoms with van der Waals surface area (Å²) in [6.45, 7) is 1.93. The summed E-state index contributed by atoms with van der Waals surface area (Å²) < 4.78 is 0. The smallest absolute Gasteiger partial charge is 0.142 e. The molecule has 0 bridgehead atoms. The van der Waals surface area contributed by atoms with Crippen LogP contribution in [0.2, 0.25) is 0 Å². The Morgan fingerprint density at radius 2 is 1.89 bits per heavy atom. The van der Waals surface area contributed by atoms with Gasteiger partial charge >= 0.3 is 0 Å². The Balaban J connectivity index is 1.78. The number of rotatable bonds is 3. The summed E-state index contributed by atoms with van der Waals surface area (Å²) >= 11 is 2.03. The van der Waals surface area contributed by atoms with Gasteiger partial charge in [-0.15, -0.1) is 0 Å². The van der Waals surface area contributed by atoms with E-state index in [1.807, 2.05) is 30.2 Å². The third-order valence-electron chi connectivity index (χ3n) is 3.39. The molecule has 2 aromatic rings. The molecule has 0 aliphatic carbocycles. The van der Waals surface area contributed by atoms with Gasteiger partial charge in [-0.1, -0.05) is 30.3 Å². The topological polar surface area (TPSA) is 29.0 Å². The molecule has 0 N–H and O–H groups in total. The van der Waals surface area contributed by atoms with Crippen LogP contribution in [0.1, 0.15) is 17.4 Å². The van der Waals surface area contributed by atoms with Gasteiger partial charge in [0.15, 0.2) is 0 Å². The highest BCUT2D eigenvalue weighted by molar-refractivity contribution is 7.99. The number of nitrogens with zero attached hydrogens (tertiary/aromatic N) is 3. The van der Waals surface area contributed by atoms with Crippen LogP contribution in [0.4, 0.5) is 0 Å². The number of hydrogen-bond donors (Lipinski definition) is 0. The highest BCUT2D eigenvalue weighted by Crippen LogP contribution is 2.30. The van der Waals surface area contributed by atoms with E-state index in [1.165, 1.54) is 11.3 Å². The van der Waals surface area contributed by atoms with Gasteiger partial charge in [0.05, 0.1) is 6.54 Å². The lowest BCUT2D eigenvalue weighted by Gasteiger charge is -2.35. The Bertz CT molecular complexity index is 503. The Morgan fingerprint density at radius 1 is 1.11 bits per heavy atom. The van der Waals surface area contributed by atoms with Crippen LogP contribution < -0.4 is 0 Å². The maximum absolute atomic E-state index is 4.34. The molecule has 98 valence electrons. The largest absolute Gasteiger partial charge is 0.287 e. The average molecular weight is 271 g/mol. The zero-order valence-corrected chi connectivity index (χ0v) is 11.6. The molecule has 0 spiro atoms. The second kappa shape index (κ2) is 6.17. The summed E-state index contributed by atoms with van der Waals surface area (Å²) in [7, 11) is 0. The summed E-state index contributed by atoms with van der Waals surface area (Å²) in [5.74, 6) is 3.25. The Kier molecular flexibility index (Phi) is 4.10. The third-order valence-corrected chi connectivity index (χ3v) is 4.41. The van der Waals surface area contributed by atoms with Crippen molar-refractivity contribution in [3.05, 3.63) is 60.2 Å². The SMILES string of the molecule is c1ccc([C@@H]2CSCCN2Cc2ncccn2)cc1. The molecule has 1 aromatic heterocycles. The molecule has 0 radical (unpaired) electrons. The fraction of sp³-hybridized carbons (Fsp3) is 0.333. The van der Waals surface area contributed by atoms with Crippen LogP contribution in [-0.4, -0.2) is 32.9 Å². The fourth-order valence-corrected chi connectivity index (χ4v) is 3.56. The van der Waals surface area contributed by atoms with Crippen LogP contribution in [0.5, 0.6) is 0 Å². The minimum atomic E-state index is 0.476. The highest BCUT2D eigenvalue weighted by Gasteiger charge is 2.24. The van der Waals surface area contributed by atoms with Crippen LogP contribution in [-0.2, 0) is 6.54 Å². The molecular formula is C15H17N3S. The van der Waals surface area contributed by atoms with E-state index in [1.54, 1.807) is 0 Å². The van der Waals surface area contributed by atoms with Crippen molar-refractivity contribution in [2.75, 3.05) is 18.1 Å². The van der Waals surface area contributed by atoms with Crippen molar-refractivity contribution in [2.45, 2.75) is 12.6 Å². The van der Waals surface area contributed by atoms with Crippen molar-refractivity contribution >= 4 is 11.8 Å². The maximum atomic E-state index is 4.34. The minimum absolute atomic E-state index is 0.476. The van der Waals surface area contributed by atoms with Gasteiger partial charge in [0.2, 0.25) is 0 Å². The molecule has 0 saturated carbocycles. The molecule has 0 unspecified atom stereocenters. The molecule has 0 amide bonds. The van der Waals surface area contributed by atoms with Crippen LogP contribution in [0.3, 0.4) is 0 Å². The predicted molar refractivity (Wildman–Crippen MR) is 79.0 cm³/mol. The summed E-state index contributed by atoms with van der Waals surface area (Å²) in [4.78, 5) is 11.2. The first kappa shape index (κ1) is 12.6. The van der Waals surface area contributed by atoms with Crippen molar-refractivity contribution in [3.8, 4) is 0 Å². The lowest BCUT2D eigenvalue weighted by Crippen LogP contribution is -2.36. The summed E-state index contributed by atoms with van der Waals surface area (Å²) in [6.07, 6.45) is 3.64. The molecule has 1 aromatic carbocycles. The zero-order chi connectivity index (χ0) is 12.9. The van der Waals surface area contributed by atoms with Gasteiger partial charge in [-0.25, -0.2) is 9.97 Å². The molecule has 1 aliphatic rings. The second-order valence-corrected chi connectivity index (χ2v) is 5.79. The van der Waals surface area contributed by atoms with Crippen LogP contribution in [0.15, 0.2) is 48.8 Å². The first-order valence-corrected chi connectivity index (χ1v) is 7.71. The van der Waals surface area contributed by atoms with Gasteiger partial charge in [0, 0.05) is 36.5 Å². The van der Waals surface area contributed by atoms with Gasteiger partial charge in [-0.3, -0.25) is 4.90 Å². The van der Waals surface area contributed by atoms with E-state index in [0.717, 1.165) is 24.7 Å². The number of benzene rings is 1. The second-order valence-electron chi connectivity index (χ2n) is 4.64. The Morgan fingerprint density at radius 3 is 2.68 bits per heavy atom. The molecule has 1 fully saturated rings. The van der Waals surface area contributed by atoms with E-state index in [9.17, 15) is 0 Å². The van der Waals surface area contributed by atoms with Crippen molar-refractivity contribution in [1.82, 2.24) is 14.9 Å². The lowest BCUT2D eigenvalue weighted by molar-refractivity contribution is 0.206. The number of thioether (sulfide) groups is 1. The fourth-order valence-electron chi connectivity index (χ4n) is 2.40. The monoisotopic (exact) mass is 271 g/mol. The van der Waals surface area contributed by atoms with Crippen LogP contribution >= 0.6 is 11.8 Å². The minimum Gasteiger partial charge on any atom is -0.287 e. The molecule has 4 heteroatoms. The van der Waals surface area contributed by atoms with Crippen LogP contribution in [0.25, 0.3) is 0 Å². The van der Waals surface area contributed by atoms with Gasteiger partial charge < -0.3 is 0 Å². The first-order valence-electron chi connectivity index (χ1n) is 6.56. The van der Waals surface area contributed by atoms with Crippen molar-refractivity contribution in [1.29, 1.82) is 0 Å². The molecule has 19 heavy (non-hydrogen) atoms. The van der Waals surface area contributed by atoms with E-state index < -0.39 is 0 Å². The molecule has 3 rings (SSSR count). The van der Waals surface area contributed by atoms with Crippen molar-refractivity contribution in [2.24, 2.45) is 0 Å². The van der Waals surface area contributed by atoms with Crippen LogP contribution in [0, 0.1) is 0 Å². The Labute approximate surface area is 118 Å². The van der Waals surface area contributed by atoms with E-state index in [4.69, 9.17) is 0 Å². The van der Waals surface area contributed by atoms with Crippen molar-refractivity contribution < 1.29 is 0 Å². The predicted octanol–water partition coefficient (Wildman–Crippen LogP) is 2.77. The Hall–Kier alpha value is -1.39. The normalized spacial score (nSPS) is 20.3. The summed E-state index contributed by atoms with van der Waals surface area (Å²) in [5.41, 5.74) is 1.39. The molecule has 2 heterocycles. The first-order chi connectivity index (χ1) is 9.43. The highest BCUT2D eigenvalue weighted by atomic mass is 32.2. The average Bonchev–Trinajstić information content (AvgIpc) is 2.50. The van der Waals surface area contributed by atoms with E-state index >= 15 is 0 Å². The molecule has 3 nitrogen and oxygen atoms in total. The standard InChI is InChI=1S/C15H17N3S/c1-2-5-13(6-3-1)14-12-19-10-9-18(14)11-15-16-7-4-8-17-15/h1-8,14H,9-12H2/t14-/m0/s1. The number of hydrogen-bond acceptors (Lipinski definition) is 4. The molecule has 1 saturated heterocycles. The maximum Gasteiger partial charge on any atom is 0.142 e. The van der Waals surface area contributed by atoms with E-state index in [2.05, 4.69) is 45.2 Å². The van der Waals surface area contributed by atoms with E-state index in [0.29, 0.717) is 6.04 Å². The molecular weight excluding hydrogens is 254 g/mol. The summed E-state index contributed by atoms with van der Waals surface area (Å²) in [6, 6.07) is 13.1. The van der Waals surface area contributed by atoms with E-state index in [-0.39, 0.29) is 0 Å². The zero-order valence-electron chi connectivity index (χ0n) is 10.8. The molecule has 1 aliphatic heterocycles. The van der Waals surface area contributed by atoms with Gasteiger partial charge in [-0.2, -0.15) is 11.8 Å². The third kappa shape index (κ3) is 3.14. The molecule has 1 atom stereocenters.